The van der Waals surface area contributed by atoms with Crippen molar-refractivity contribution in [1.82, 2.24) is 29.3 Å². The number of nitrogens with zero attached hydrogens (tertiary/aromatic N) is 6. The number of carbonyl (C=O) groups excluding carboxylic acids is 1. The molecule has 30 heavy (non-hydrogen) atoms. The molecule has 4 heterocycles. The summed E-state index contributed by atoms with van der Waals surface area (Å²) >= 11 is 0. The summed E-state index contributed by atoms with van der Waals surface area (Å²) in [5, 5.41) is 13.4. The van der Waals surface area contributed by atoms with E-state index in [1.807, 2.05) is 29.3 Å². The smallest absolute Gasteiger partial charge is 0.222 e. The van der Waals surface area contributed by atoms with E-state index in [4.69, 9.17) is 0 Å². The van der Waals surface area contributed by atoms with Crippen LogP contribution in [0.2, 0.25) is 0 Å². The highest BCUT2D eigenvalue weighted by molar-refractivity contribution is 5.76. The quantitative estimate of drug-likeness (QED) is 0.626. The summed E-state index contributed by atoms with van der Waals surface area (Å²) in [4.78, 5) is 15.0. The van der Waals surface area contributed by atoms with Gasteiger partial charge in [0.15, 0.2) is 5.65 Å². The number of carbonyl (C=O) groups is 1. The molecule has 0 spiro atoms. The van der Waals surface area contributed by atoms with E-state index in [9.17, 15) is 4.79 Å². The van der Waals surface area contributed by atoms with Crippen LogP contribution < -0.4 is 0 Å². The first kappa shape index (κ1) is 20.6. The van der Waals surface area contributed by atoms with Gasteiger partial charge in [-0.05, 0) is 56.7 Å². The van der Waals surface area contributed by atoms with E-state index < -0.39 is 0 Å². The maximum Gasteiger partial charge on any atom is 0.222 e. The number of aromatic nitrogens is 5. The van der Waals surface area contributed by atoms with Crippen molar-refractivity contribution in [2.45, 2.75) is 65.8 Å². The molecule has 7 nitrogen and oxygen atoms in total. The van der Waals surface area contributed by atoms with Crippen molar-refractivity contribution in [2.75, 3.05) is 13.1 Å². The first-order chi connectivity index (χ1) is 14.4. The molecule has 3 aromatic heterocycles. The van der Waals surface area contributed by atoms with Gasteiger partial charge in [0.2, 0.25) is 5.91 Å². The molecule has 1 atom stereocenters. The van der Waals surface area contributed by atoms with Crippen LogP contribution in [0, 0.1) is 19.8 Å². The van der Waals surface area contributed by atoms with E-state index in [0.717, 1.165) is 56.1 Å². The molecule has 0 saturated carbocycles. The Bertz CT molecular complexity index is 1030. The van der Waals surface area contributed by atoms with E-state index >= 15 is 0 Å². The van der Waals surface area contributed by atoms with Gasteiger partial charge < -0.3 is 4.90 Å². The fourth-order valence-electron chi connectivity index (χ4n) is 4.56. The van der Waals surface area contributed by atoms with Gasteiger partial charge in [-0.2, -0.15) is 5.10 Å². The lowest BCUT2D eigenvalue weighted by atomic mass is 9.96. The molecule has 7 heteroatoms. The normalized spacial score (nSPS) is 17.2. The Morgan fingerprint density at radius 3 is 2.87 bits per heavy atom. The monoisotopic (exact) mass is 408 g/mol. The zero-order valence-corrected chi connectivity index (χ0v) is 18.5. The van der Waals surface area contributed by atoms with Crippen LogP contribution in [0.25, 0.3) is 5.65 Å². The molecule has 1 aliphatic heterocycles. The number of aryl methyl sites for hydroxylation is 1. The minimum atomic E-state index is 0.226. The molecule has 1 aliphatic rings. The number of piperidine rings is 1. The lowest BCUT2D eigenvalue weighted by molar-refractivity contribution is -0.132. The Morgan fingerprint density at radius 1 is 1.23 bits per heavy atom. The summed E-state index contributed by atoms with van der Waals surface area (Å²) in [6.45, 7) is 11.0. The molecular weight excluding hydrogens is 376 g/mol. The van der Waals surface area contributed by atoms with Crippen molar-refractivity contribution in [3.05, 3.63) is 47.2 Å². The molecule has 4 rings (SSSR count). The Labute approximate surface area is 178 Å². The second kappa shape index (κ2) is 8.58. The molecule has 0 radical (unpaired) electrons. The maximum atomic E-state index is 13.0. The number of amides is 1. The van der Waals surface area contributed by atoms with Crippen LogP contribution in [0.4, 0.5) is 0 Å². The zero-order chi connectivity index (χ0) is 21.3. The minimum Gasteiger partial charge on any atom is -0.342 e. The molecule has 3 aromatic rings. The topological polar surface area (TPSA) is 68.3 Å². The van der Waals surface area contributed by atoms with Gasteiger partial charge in [-0.1, -0.05) is 19.9 Å². The van der Waals surface area contributed by atoms with Crippen molar-refractivity contribution < 1.29 is 4.79 Å². The Hall–Kier alpha value is -2.70. The molecule has 0 aliphatic carbocycles. The third kappa shape index (κ3) is 4.11. The van der Waals surface area contributed by atoms with Crippen LogP contribution in [-0.2, 0) is 17.8 Å². The van der Waals surface area contributed by atoms with Crippen LogP contribution in [-0.4, -0.2) is 48.3 Å². The van der Waals surface area contributed by atoms with Crippen molar-refractivity contribution in [3.63, 3.8) is 0 Å². The number of likely N-dealkylation sites (tertiary alicyclic amines) is 1. The van der Waals surface area contributed by atoms with Crippen molar-refractivity contribution in [3.8, 4) is 0 Å². The van der Waals surface area contributed by atoms with Gasteiger partial charge in [0.25, 0.3) is 0 Å². The van der Waals surface area contributed by atoms with Crippen LogP contribution >= 0.6 is 0 Å². The predicted molar refractivity (Wildman–Crippen MR) is 116 cm³/mol. The second-order valence-corrected chi connectivity index (χ2v) is 8.89. The molecule has 1 fully saturated rings. The summed E-state index contributed by atoms with van der Waals surface area (Å²) in [5.74, 6) is 1.97. The van der Waals surface area contributed by atoms with Crippen molar-refractivity contribution in [1.29, 1.82) is 0 Å². The number of fused-ring (bicyclic) bond motifs is 1. The summed E-state index contributed by atoms with van der Waals surface area (Å²) in [6.07, 6.45) is 5.33. The van der Waals surface area contributed by atoms with E-state index in [0.29, 0.717) is 12.3 Å². The van der Waals surface area contributed by atoms with E-state index in [2.05, 4.69) is 52.1 Å². The molecule has 0 N–H and O–H groups in total. The molecule has 0 bridgehead atoms. The lowest BCUT2D eigenvalue weighted by Gasteiger charge is -2.32. The van der Waals surface area contributed by atoms with Crippen molar-refractivity contribution >= 4 is 11.6 Å². The fourth-order valence-corrected chi connectivity index (χ4v) is 4.56. The predicted octanol–water partition coefficient (Wildman–Crippen LogP) is 3.54. The number of rotatable bonds is 6. The molecule has 0 unspecified atom stereocenters. The number of hydrogen-bond acceptors (Lipinski definition) is 4. The van der Waals surface area contributed by atoms with Gasteiger partial charge in [0.1, 0.15) is 5.82 Å². The highest BCUT2D eigenvalue weighted by Crippen LogP contribution is 2.27. The highest BCUT2D eigenvalue weighted by atomic mass is 16.2. The second-order valence-electron chi connectivity index (χ2n) is 8.89. The van der Waals surface area contributed by atoms with E-state index in [1.165, 1.54) is 11.3 Å². The first-order valence-electron chi connectivity index (χ1n) is 11.0. The lowest BCUT2D eigenvalue weighted by Crippen LogP contribution is -2.39. The van der Waals surface area contributed by atoms with Gasteiger partial charge in [0.05, 0.1) is 5.69 Å². The zero-order valence-electron chi connectivity index (χ0n) is 18.5. The van der Waals surface area contributed by atoms with Crippen LogP contribution in [0.15, 0.2) is 24.4 Å². The maximum absolute atomic E-state index is 13.0. The fraction of sp³-hybridized carbons (Fsp3) is 0.565. The summed E-state index contributed by atoms with van der Waals surface area (Å²) in [6, 6.07) is 5.93. The molecule has 1 saturated heterocycles. The average molecular weight is 409 g/mol. The van der Waals surface area contributed by atoms with Crippen LogP contribution in [0.1, 0.15) is 61.8 Å². The van der Waals surface area contributed by atoms with Gasteiger partial charge in [-0.15, -0.1) is 10.2 Å². The Balaban J connectivity index is 1.41. The summed E-state index contributed by atoms with van der Waals surface area (Å²) < 4.78 is 4.14. The standard InChI is InChI=1S/C23H32N6O/c1-16(2)14-29-18(4)20(17(3)26-29)10-11-22(30)27-12-7-8-19(15-27)23-25-24-21-9-5-6-13-28(21)23/h5-6,9,13,16,19H,7-8,10-12,14-15H2,1-4H3/t19-/m0/s1. The minimum absolute atomic E-state index is 0.226. The SMILES string of the molecule is Cc1nn(CC(C)C)c(C)c1CCC(=O)N1CCC[C@H](c2nnc3ccccn23)C1. The number of hydrogen-bond donors (Lipinski definition) is 0. The molecule has 0 aromatic carbocycles. The van der Waals surface area contributed by atoms with E-state index in [1.54, 1.807) is 0 Å². The average Bonchev–Trinajstić information content (AvgIpc) is 3.27. The summed E-state index contributed by atoms with van der Waals surface area (Å²) in [5.41, 5.74) is 4.33. The van der Waals surface area contributed by atoms with Gasteiger partial charge in [-0.3, -0.25) is 13.9 Å². The van der Waals surface area contributed by atoms with E-state index in [-0.39, 0.29) is 11.8 Å². The van der Waals surface area contributed by atoms with Gasteiger partial charge in [-0.25, -0.2) is 0 Å². The largest absolute Gasteiger partial charge is 0.342 e. The first-order valence-corrected chi connectivity index (χ1v) is 11.0. The molecule has 1 amide bonds. The Morgan fingerprint density at radius 2 is 2.07 bits per heavy atom. The van der Waals surface area contributed by atoms with Gasteiger partial charge in [0, 0.05) is 43.9 Å². The third-order valence-corrected chi connectivity index (χ3v) is 6.14. The Kier molecular flexibility index (Phi) is 5.88. The van der Waals surface area contributed by atoms with Gasteiger partial charge >= 0.3 is 0 Å². The molecule has 160 valence electrons. The third-order valence-electron chi connectivity index (χ3n) is 6.14. The van der Waals surface area contributed by atoms with Crippen molar-refractivity contribution in [2.24, 2.45) is 5.92 Å². The number of pyridine rings is 1. The molecular formula is C23H32N6O. The van der Waals surface area contributed by atoms with Crippen LogP contribution in [0.3, 0.4) is 0 Å². The van der Waals surface area contributed by atoms with Crippen LogP contribution in [0.5, 0.6) is 0 Å². The highest BCUT2D eigenvalue weighted by Gasteiger charge is 2.28. The summed E-state index contributed by atoms with van der Waals surface area (Å²) in [7, 11) is 0.